The highest BCUT2D eigenvalue weighted by Crippen LogP contribution is 2.39. The number of amides is 1. The first-order valence-corrected chi connectivity index (χ1v) is 12.9. The van der Waals surface area contributed by atoms with Gasteiger partial charge >= 0.3 is 0 Å². The molecule has 1 saturated heterocycles. The van der Waals surface area contributed by atoms with Crippen LogP contribution in [0, 0.1) is 0 Å². The van der Waals surface area contributed by atoms with Gasteiger partial charge in [0.2, 0.25) is 0 Å². The lowest BCUT2D eigenvalue weighted by Crippen LogP contribution is -2.38. The van der Waals surface area contributed by atoms with Crippen molar-refractivity contribution in [1.82, 2.24) is 34.6 Å². The fraction of sp³-hybridized carbons (Fsp3) is 0.333. The van der Waals surface area contributed by atoms with E-state index < -0.39 is 0 Å². The minimum Gasteiger partial charge on any atom is -0.379 e. The highest BCUT2D eigenvalue weighted by molar-refractivity contribution is 6.06. The zero-order valence-corrected chi connectivity index (χ0v) is 21.0. The van der Waals surface area contributed by atoms with E-state index in [1.165, 1.54) is 6.33 Å². The highest BCUT2D eigenvalue weighted by Gasteiger charge is 2.27. The molecule has 2 fully saturated rings. The molecule has 4 aromatic rings. The molecule has 4 aromatic heterocycles. The van der Waals surface area contributed by atoms with E-state index in [4.69, 9.17) is 14.8 Å². The predicted molar refractivity (Wildman–Crippen MR) is 142 cm³/mol. The van der Waals surface area contributed by atoms with Gasteiger partial charge in [-0.2, -0.15) is 5.10 Å². The lowest BCUT2D eigenvalue weighted by atomic mass is 10.2. The zero-order valence-electron chi connectivity index (χ0n) is 21.0. The molecule has 2 N–H and O–H groups in total. The van der Waals surface area contributed by atoms with Gasteiger partial charge in [-0.05, 0) is 37.1 Å². The Balaban J connectivity index is 1.28. The molecule has 5 heterocycles. The number of nitrogens with one attached hydrogen (secondary N) is 2. The number of hydrogen-bond acceptors (Lipinski definition) is 9. The zero-order chi connectivity index (χ0) is 25.7. The topological polar surface area (TPSA) is 123 Å². The van der Waals surface area contributed by atoms with Crippen LogP contribution in [0.2, 0.25) is 0 Å². The molecule has 11 heteroatoms. The van der Waals surface area contributed by atoms with E-state index >= 15 is 0 Å². The van der Waals surface area contributed by atoms with E-state index in [0.717, 1.165) is 57.1 Å². The van der Waals surface area contributed by atoms with E-state index in [-0.39, 0.29) is 5.91 Å². The number of hydrogen-bond donors (Lipinski definition) is 2. The molecule has 0 atom stereocenters. The maximum atomic E-state index is 13.7. The molecule has 1 aliphatic carbocycles. The van der Waals surface area contributed by atoms with Crippen LogP contribution in [-0.2, 0) is 11.3 Å². The molecule has 2 aliphatic rings. The molecule has 38 heavy (non-hydrogen) atoms. The highest BCUT2D eigenvalue weighted by atomic mass is 16.5. The third kappa shape index (κ3) is 5.68. The molecule has 0 spiro atoms. The summed E-state index contributed by atoms with van der Waals surface area (Å²) in [5.41, 5.74) is 3.95. The van der Waals surface area contributed by atoms with Crippen molar-refractivity contribution in [2.75, 3.05) is 43.5 Å². The summed E-state index contributed by atoms with van der Waals surface area (Å²) in [5.74, 6) is 0.689. The minimum absolute atomic E-state index is 0.313. The normalized spacial score (nSPS) is 15.8. The molecule has 1 aliphatic heterocycles. The summed E-state index contributed by atoms with van der Waals surface area (Å²) in [4.78, 5) is 33.3. The van der Waals surface area contributed by atoms with Crippen LogP contribution in [-0.4, -0.2) is 73.4 Å². The molecular formula is C27H29N9O2. The molecule has 6 rings (SSSR count). The Kier molecular flexibility index (Phi) is 7.01. The van der Waals surface area contributed by atoms with Crippen LogP contribution in [0.4, 0.5) is 17.2 Å². The molecule has 0 unspecified atom stereocenters. The van der Waals surface area contributed by atoms with Crippen molar-refractivity contribution in [3.63, 3.8) is 0 Å². The van der Waals surface area contributed by atoms with Crippen molar-refractivity contribution >= 4 is 23.1 Å². The van der Waals surface area contributed by atoms with Crippen molar-refractivity contribution in [2.45, 2.75) is 25.3 Å². The van der Waals surface area contributed by atoms with Gasteiger partial charge in [0.15, 0.2) is 5.69 Å². The summed E-state index contributed by atoms with van der Waals surface area (Å²) < 4.78 is 7.31. The number of morpholine rings is 1. The Hall–Kier alpha value is -4.22. The van der Waals surface area contributed by atoms with Gasteiger partial charge in [0.25, 0.3) is 5.91 Å². The van der Waals surface area contributed by atoms with Crippen LogP contribution in [0.5, 0.6) is 0 Å². The quantitative estimate of drug-likeness (QED) is 0.348. The number of ether oxygens (including phenoxy) is 1. The number of rotatable bonds is 9. The number of anilines is 3. The van der Waals surface area contributed by atoms with Crippen LogP contribution < -0.4 is 10.6 Å². The molecule has 0 radical (unpaired) electrons. The first kappa shape index (κ1) is 24.1. The molecule has 1 saturated carbocycles. The van der Waals surface area contributed by atoms with Gasteiger partial charge in [0.05, 0.1) is 49.2 Å². The van der Waals surface area contributed by atoms with E-state index in [2.05, 4.69) is 30.5 Å². The van der Waals surface area contributed by atoms with Crippen molar-refractivity contribution in [2.24, 2.45) is 0 Å². The smallest absolute Gasteiger partial charge is 0.277 e. The molecule has 1 amide bonds. The third-order valence-electron chi connectivity index (χ3n) is 6.65. The van der Waals surface area contributed by atoms with Crippen molar-refractivity contribution in [3.8, 4) is 11.4 Å². The van der Waals surface area contributed by atoms with Gasteiger partial charge in [0.1, 0.15) is 17.8 Å². The minimum atomic E-state index is -0.313. The summed E-state index contributed by atoms with van der Waals surface area (Å²) >= 11 is 0. The van der Waals surface area contributed by atoms with Crippen LogP contribution >= 0.6 is 0 Å². The maximum Gasteiger partial charge on any atom is 0.277 e. The summed E-state index contributed by atoms with van der Waals surface area (Å²) in [6.45, 7) is 4.63. The molecule has 0 bridgehead atoms. The number of carbonyl (C=O) groups is 1. The van der Waals surface area contributed by atoms with Crippen LogP contribution in [0.1, 0.15) is 34.9 Å². The Morgan fingerprint density at radius 1 is 1.03 bits per heavy atom. The monoisotopic (exact) mass is 511 g/mol. The summed E-state index contributed by atoms with van der Waals surface area (Å²) in [5, 5.41) is 11.1. The second kappa shape index (κ2) is 11.0. The van der Waals surface area contributed by atoms with Gasteiger partial charge in [-0.25, -0.2) is 19.6 Å². The van der Waals surface area contributed by atoms with Crippen molar-refractivity contribution < 1.29 is 9.53 Å². The molecule has 11 nitrogen and oxygen atoms in total. The van der Waals surface area contributed by atoms with Crippen LogP contribution in [0.3, 0.4) is 0 Å². The second-order valence-electron chi connectivity index (χ2n) is 9.42. The summed E-state index contributed by atoms with van der Waals surface area (Å²) in [6.07, 6.45) is 8.69. The fourth-order valence-electron chi connectivity index (χ4n) is 4.44. The van der Waals surface area contributed by atoms with Crippen LogP contribution in [0.25, 0.3) is 11.4 Å². The molecular weight excluding hydrogens is 482 g/mol. The number of pyridine rings is 2. The predicted octanol–water partition coefficient (Wildman–Crippen LogP) is 3.34. The standard InChI is InChI=1S/C27H29N9O2/c37-27(26-23(31-20-16-28-18-29-17-20)7-6-21(32-26)19-4-5-19)33-25-15-24(22-3-1-2-8-30-22)34-36(25)10-9-35-11-13-38-14-12-35/h1-3,6-8,15-19,31H,4-5,9-14H2,(H,33,37). The van der Waals surface area contributed by atoms with Gasteiger partial charge < -0.3 is 15.4 Å². The second-order valence-corrected chi connectivity index (χ2v) is 9.42. The van der Waals surface area contributed by atoms with Crippen LogP contribution in [0.15, 0.2) is 61.3 Å². The SMILES string of the molecule is O=C(Nc1cc(-c2ccccn2)nn1CCN1CCOCC1)c1nc(C2CC2)ccc1Nc1cncnc1. The van der Waals surface area contributed by atoms with Gasteiger partial charge in [-0.3, -0.25) is 14.7 Å². The first-order chi connectivity index (χ1) is 18.7. The van der Waals surface area contributed by atoms with E-state index in [1.807, 2.05) is 41.1 Å². The number of carbonyl (C=O) groups excluding carboxylic acids is 1. The summed E-state index contributed by atoms with van der Waals surface area (Å²) in [6, 6.07) is 11.4. The molecule has 0 aromatic carbocycles. The maximum absolute atomic E-state index is 13.7. The van der Waals surface area contributed by atoms with Gasteiger partial charge in [0, 0.05) is 43.5 Å². The fourth-order valence-corrected chi connectivity index (χ4v) is 4.44. The van der Waals surface area contributed by atoms with Crippen molar-refractivity contribution in [1.29, 1.82) is 0 Å². The van der Waals surface area contributed by atoms with E-state index in [0.29, 0.717) is 41.0 Å². The average Bonchev–Trinajstić information content (AvgIpc) is 3.74. The Morgan fingerprint density at radius 3 is 2.63 bits per heavy atom. The Bertz CT molecular complexity index is 1380. The Morgan fingerprint density at radius 2 is 1.87 bits per heavy atom. The Labute approximate surface area is 220 Å². The third-order valence-corrected chi connectivity index (χ3v) is 6.65. The lowest BCUT2D eigenvalue weighted by molar-refractivity contribution is 0.0360. The largest absolute Gasteiger partial charge is 0.379 e. The van der Waals surface area contributed by atoms with E-state index in [1.54, 1.807) is 18.6 Å². The first-order valence-electron chi connectivity index (χ1n) is 12.9. The van der Waals surface area contributed by atoms with Gasteiger partial charge in [-0.1, -0.05) is 6.07 Å². The number of aromatic nitrogens is 6. The lowest BCUT2D eigenvalue weighted by Gasteiger charge is -2.26. The average molecular weight is 512 g/mol. The summed E-state index contributed by atoms with van der Waals surface area (Å²) in [7, 11) is 0. The molecule has 194 valence electrons. The van der Waals surface area contributed by atoms with E-state index in [9.17, 15) is 4.79 Å². The number of nitrogens with zero attached hydrogens (tertiary/aromatic N) is 7. The van der Waals surface area contributed by atoms with Gasteiger partial charge in [-0.15, -0.1) is 0 Å². The van der Waals surface area contributed by atoms with Crippen molar-refractivity contribution in [3.05, 3.63) is 72.7 Å².